The predicted molar refractivity (Wildman–Crippen MR) is 121 cm³/mol. The Bertz CT molecular complexity index is 950. The number of methoxy groups -OCH3 is 1. The number of piperidine rings is 1. The minimum Gasteiger partial charge on any atom is -0.497 e. The fraction of sp³-hybridized carbons (Fsp3) is 0.583. The predicted octanol–water partition coefficient (Wildman–Crippen LogP) is 3.54. The number of hydrogen-bond donors (Lipinski definition) is 0. The van der Waals surface area contributed by atoms with Crippen molar-refractivity contribution < 1.29 is 23.6 Å². The Kier molecular flexibility index (Phi) is 7.15. The fourth-order valence-corrected chi connectivity index (χ4v) is 4.62. The SMILES string of the molecule is COc1ccc(-c2noc(CCC(=O)N3CCC(N4C(=O)OCC4CC(C)C)CC3)n2)cc1. The number of aromatic nitrogens is 2. The molecule has 9 nitrogen and oxygen atoms in total. The van der Waals surface area contributed by atoms with Crippen molar-refractivity contribution >= 4 is 12.0 Å². The second-order valence-corrected chi connectivity index (χ2v) is 9.12. The van der Waals surface area contributed by atoms with Gasteiger partial charge >= 0.3 is 6.09 Å². The topological polar surface area (TPSA) is 98.0 Å². The molecule has 2 fully saturated rings. The summed E-state index contributed by atoms with van der Waals surface area (Å²) < 4.78 is 15.8. The van der Waals surface area contributed by atoms with E-state index in [-0.39, 0.29) is 24.1 Å². The molecule has 4 rings (SSSR count). The molecular weight excluding hydrogens is 424 g/mol. The van der Waals surface area contributed by atoms with Gasteiger partial charge < -0.3 is 18.9 Å². The second kappa shape index (κ2) is 10.2. The summed E-state index contributed by atoms with van der Waals surface area (Å²) in [5.74, 6) is 2.27. The molecule has 2 amide bonds. The Morgan fingerprint density at radius 1 is 1.21 bits per heavy atom. The fourth-order valence-electron chi connectivity index (χ4n) is 4.62. The summed E-state index contributed by atoms with van der Waals surface area (Å²) >= 11 is 0. The third kappa shape index (κ3) is 5.46. The quantitative estimate of drug-likeness (QED) is 0.599. The number of cyclic esters (lactones) is 1. The van der Waals surface area contributed by atoms with Gasteiger partial charge in [0, 0.05) is 37.5 Å². The standard InChI is InChI=1S/C24H32N4O5/c1-16(2)14-19-15-32-24(30)28(19)18-10-12-27(13-11-18)22(29)9-8-21-25-23(26-33-21)17-4-6-20(31-3)7-5-17/h4-7,16,18-19H,8-15H2,1-3H3. The molecule has 2 aliphatic heterocycles. The smallest absolute Gasteiger partial charge is 0.410 e. The van der Waals surface area contributed by atoms with E-state index in [1.54, 1.807) is 7.11 Å². The summed E-state index contributed by atoms with van der Waals surface area (Å²) in [4.78, 5) is 33.2. The molecule has 0 N–H and O–H groups in total. The average Bonchev–Trinajstić information content (AvgIpc) is 3.44. The van der Waals surface area contributed by atoms with Crippen molar-refractivity contribution in [3.63, 3.8) is 0 Å². The minimum absolute atomic E-state index is 0.0698. The van der Waals surface area contributed by atoms with Gasteiger partial charge in [0.2, 0.25) is 17.6 Å². The average molecular weight is 457 g/mol. The van der Waals surface area contributed by atoms with E-state index in [2.05, 4.69) is 24.0 Å². The molecule has 1 aromatic carbocycles. The number of carbonyl (C=O) groups is 2. The normalized spacial score (nSPS) is 19.3. The zero-order valence-corrected chi connectivity index (χ0v) is 19.5. The first-order chi connectivity index (χ1) is 15.9. The van der Waals surface area contributed by atoms with Crippen LogP contribution in [0.3, 0.4) is 0 Å². The molecule has 2 aromatic rings. The Labute approximate surface area is 194 Å². The molecule has 2 aliphatic rings. The molecule has 1 unspecified atom stereocenters. The Morgan fingerprint density at radius 2 is 1.94 bits per heavy atom. The monoisotopic (exact) mass is 456 g/mol. The van der Waals surface area contributed by atoms with Gasteiger partial charge in [-0.15, -0.1) is 0 Å². The summed E-state index contributed by atoms with van der Waals surface area (Å²) in [6.07, 6.45) is 2.99. The summed E-state index contributed by atoms with van der Waals surface area (Å²) in [6.45, 7) is 6.07. The minimum atomic E-state index is -0.213. The van der Waals surface area contributed by atoms with Gasteiger partial charge in [-0.3, -0.25) is 9.69 Å². The van der Waals surface area contributed by atoms with Gasteiger partial charge in [-0.1, -0.05) is 19.0 Å². The van der Waals surface area contributed by atoms with E-state index >= 15 is 0 Å². The van der Waals surface area contributed by atoms with Crippen LogP contribution in [0.2, 0.25) is 0 Å². The van der Waals surface area contributed by atoms with Crippen molar-refractivity contribution in [2.24, 2.45) is 5.92 Å². The van der Waals surface area contributed by atoms with E-state index in [4.69, 9.17) is 14.0 Å². The molecule has 0 bridgehead atoms. The lowest BCUT2D eigenvalue weighted by atomic mass is 9.98. The maximum absolute atomic E-state index is 12.7. The first kappa shape index (κ1) is 23.1. The van der Waals surface area contributed by atoms with Gasteiger partial charge in [0.25, 0.3) is 0 Å². The van der Waals surface area contributed by atoms with Crippen LogP contribution < -0.4 is 4.74 Å². The summed E-state index contributed by atoms with van der Waals surface area (Å²) in [6, 6.07) is 7.68. The number of carbonyl (C=O) groups excluding carboxylic acids is 2. The Balaban J connectivity index is 1.26. The lowest BCUT2D eigenvalue weighted by Crippen LogP contribution is -2.50. The van der Waals surface area contributed by atoms with Crippen LogP contribution in [0.5, 0.6) is 5.75 Å². The first-order valence-corrected chi connectivity index (χ1v) is 11.6. The number of nitrogens with zero attached hydrogens (tertiary/aromatic N) is 4. The van der Waals surface area contributed by atoms with Gasteiger partial charge in [-0.2, -0.15) is 4.98 Å². The highest BCUT2D eigenvalue weighted by atomic mass is 16.6. The molecule has 0 spiro atoms. The second-order valence-electron chi connectivity index (χ2n) is 9.12. The van der Waals surface area contributed by atoms with Gasteiger partial charge in [-0.25, -0.2) is 4.79 Å². The third-order valence-corrected chi connectivity index (χ3v) is 6.33. The molecule has 2 saturated heterocycles. The molecule has 3 heterocycles. The Morgan fingerprint density at radius 3 is 2.61 bits per heavy atom. The molecular formula is C24H32N4O5. The zero-order chi connectivity index (χ0) is 23.4. The van der Waals surface area contributed by atoms with Gasteiger partial charge in [0.05, 0.1) is 13.2 Å². The van der Waals surface area contributed by atoms with Crippen LogP contribution in [0.15, 0.2) is 28.8 Å². The molecule has 33 heavy (non-hydrogen) atoms. The van der Waals surface area contributed by atoms with Crippen molar-refractivity contribution in [3.05, 3.63) is 30.2 Å². The number of likely N-dealkylation sites (tertiary alicyclic amines) is 1. The summed E-state index contributed by atoms with van der Waals surface area (Å²) in [5.41, 5.74) is 0.829. The number of benzene rings is 1. The van der Waals surface area contributed by atoms with Crippen molar-refractivity contribution in [2.75, 3.05) is 26.8 Å². The van der Waals surface area contributed by atoms with E-state index in [1.165, 1.54) is 0 Å². The molecule has 0 radical (unpaired) electrons. The number of rotatable bonds is 8. The first-order valence-electron chi connectivity index (χ1n) is 11.6. The van der Waals surface area contributed by atoms with Crippen molar-refractivity contribution in [1.29, 1.82) is 0 Å². The Hall–Kier alpha value is -3.10. The highest BCUT2D eigenvalue weighted by Crippen LogP contribution is 2.27. The van der Waals surface area contributed by atoms with Crippen LogP contribution in [-0.2, 0) is 16.0 Å². The largest absolute Gasteiger partial charge is 0.497 e. The van der Waals surface area contributed by atoms with Crippen molar-refractivity contribution in [1.82, 2.24) is 19.9 Å². The van der Waals surface area contributed by atoms with Crippen LogP contribution in [0.1, 0.15) is 45.4 Å². The number of amides is 2. The lowest BCUT2D eigenvalue weighted by molar-refractivity contribution is -0.132. The van der Waals surface area contributed by atoms with Crippen LogP contribution in [0.25, 0.3) is 11.4 Å². The molecule has 9 heteroatoms. The number of aryl methyl sites for hydroxylation is 1. The van der Waals surface area contributed by atoms with Crippen molar-refractivity contribution in [3.8, 4) is 17.1 Å². The van der Waals surface area contributed by atoms with Gasteiger partial charge in [-0.05, 0) is 49.4 Å². The van der Waals surface area contributed by atoms with Crippen LogP contribution in [-0.4, -0.2) is 70.8 Å². The molecule has 1 aromatic heterocycles. The van der Waals surface area contributed by atoms with E-state index in [9.17, 15) is 9.59 Å². The maximum atomic E-state index is 12.7. The van der Waals surface area contributed by atoms with E-state index in [0.29, 0.717) is 50.2 Å². The summed E-state index contributed by atoms with van der Waals surface area (Å²) in [7, 11) is 1.62. The lowest BCUT2D eigenvalue weighted by Gasteiger charge is -2.38. The van der Waals surface area contributed by atoms with E-state index in [1.807, 2.05) is 34.1 Å². The summed E-state index contributed by atoms with van der Waals surface area (Å²) in [5, 5.41) is 4.02. The third-order valence-electron chi connectivity index (χ3n) is 6.33. The molecule has 0 aliphatic carbocycles. The highest BCUT2D eigenvalue weighted by molar-refractivity contribution is 5.76. The molecule has 0 saturated carbocycles. The highest BCUT2D eigenvalue weighted by Gasteiger charge is 2.39. The van der Waals surface area contributed by atoms with Gasteiger partial charge in [0.1, 0.15) is 12.4 Å². The molecule has 178 valence electrons. The van der Waals surface area contributed by atoms with E-state index < -0.39 is 0 Å². The zero-order valence-electron chi connectivity index (χ0n) is 19.5. The maximum Gasteiger partial charge on any atom is 0.410 e. The molecule has 1 atom stereocenters. The van der Waals surface area contributed by atoms with Crippen LogP contribution in [0, 0.1) is 5.92 Å². The number of hydrogen-bond acceptors (Lipinski definition) is 7. The van der Waals surface area contributed by atoms with Crippen LogP contribution >= 0.6 is 0 Å². The van der Waals surface area contributed by atoms with Crippen molar-refractivity contribution in [2.45, 2.75) is 58.0 Å². The van der Waals surface area contributed by atoms with Crippen LogP contribution in [0.4, 0.5) is 4.79 Å². The number of ether oxygens (including phenoxy) is 2. The van der Waals surface area contributed by atoms with Gasteiger partial charge in [0.15, 0.2) is 0 Å². The van der Waals surface area contributed by atoms with E-state index in [0.717, 1.165) is 30.6 Å².